The number of benzene rings is 1. The van der Waals surface area contributed by atoms with Crippen LogP contribution in [0.1, 0.15) is 24.1 Å². The molecule has 0 spiro atoms. The number of anilines is 1. The van der Waals surface area contributed by atoms with Gasteiger partial charge in [0.05, 0.1) is 11.4 Å². The van der Waals surface area contributed by atoms with E-state index in [1.807, 2.05) is 12.3 Å². The average molecular weight is 281 g/mol. The van der Waals surface area contributed by atoms with E-state index in [9.17, 15) is 0 Å². The van der Waals surface area contributed by atoms with Gasteiger partial charge in [-0.2, -0.15) is 0 Å². The average Bonchev–Trinajstić information content (AvgIpc) is 2.51. The number of rotatable bonds is 4. The van der Waals surface area contributed by atoms with E-state index in [1.54, 1.807) is 0 Å². The lowest BCUT2D eigenvalue weighted by atomic mass is 10.0. The normalized spacial score (nSPS) is 19.4. The van der Waals surface area contributed by atoms with Gasteiger partial charge in [0.25, 0.3) is 0 Å². The smallest absolute Gasteiger partial charge is 0.0603 e. The van der Waals surface area contributed by atoms with Gasteiger partial charge in [-0.25, -0.2) is 0 Å². The Labute approximate surface area is 127 Å². The summed E-state index contributed by atoms with van der Waals surface area (Å²) in [6.07, 6.45) is 4.34. The van der Waals surface area contributed by atoms with Crippen LogP contribution in [0, 0.1) is 6.92 Å². The van der Waals surface area contributed by atoms with Crippen molar-refractivity contribution in [3.8, 4) is 0 Å². The first-order valence-corrected chi connectivity index (χ1v) is 7.76. The Morgan fingerprint density at radius 3 is 2.86 bits per heavy atom. The Balaban J connectivity index is 1.60. The third kappa shape index (κ3) is 3.82. The second kappa shape index (κ2) is 6.72. The molecule has 1 aliphatic heterocycles. The predicted octanol–water partition coefficient (Wildman–Crippen LogP) is 3.47. The number of hydrogen-bond donors (Lipinski definition) is 1. The fourth-order valence-corrected chi connectivity index (χ4v) is 3.02. The number of nitrogens with zero attached hydrogens (tertiary/aromatic N) is 2. The monoisotopic (exact) mass is 281 g/mol. The molecule has 2 heterocycles. The highest BCUT2D eigenvalue weighted by Gasteiger charge is 2.20. The van der Waals surface area contributed by atoms with E-state index in [4.69, 9.17) is 0 Å². The topological polar surface area (TPSA) is 28.2 Å². The lowest BCUT2D eigenvalue weighted by molar-refractivity contribution is 0.208. The van der Waals surface area contributed by atoms with E-state index >= 15 is 0 Å². The van der Waals surface area contributed by atoms with Crippen LogP contribution in [0.2, 0.25) is 0 Å². The third-order valence-corrected chi connectivity index (χ3v) is 4.12. The molecular formula is C18H23N3. The van der Waals surface area contributed by atoms with Crippen molar-refractivity contribution >= 4 is 5.69 Å². The molecule has 0 saturated carbocycles. The highest BCUT2D eigenvalue weighted by Crippen LogP contribution is 2.19. The summed E-state index contributed by atoms with van der Waals surface area (Å²) in [5, 5.41) is 3.66. The Morgan fingerprint density at radius 1 is 1.19 bits per heavy atom. The Bertz CT molecular complexity index is 568. The predicted molar refractivity (Wildman–Crippen MR) is 87.3 cm³/mol. The summed E-state index contributed by atoms with van der Waals surface area (Å²) in [5.74, 6) is 0. The molecule has 110 valence electrons. The van der Waals surface area contributed by atoms with Crippen LogP contribution in [-0.2, 0) is 6.54 Å². The maximum Gasteiger partial charge on any atom is 0.0603 e. The van der Waals surface area contributed by atoms with Gasteiger partial charge < -0.3 is 5.32 Å². The number of pyridine rings is 1. The minimum atomic E-state index is 0.519. The second-order valence-corrected chi connectivity index (χ2v) is 5.84. The van der Waals surface area contributed by atoms with Crippen molar-refractivity contribution in [3.63, 3.8) is 0 Å². The number of hydrogen-bond acceptors (Lipinski definition) is 3. The number of aryl methyl sites for hydroxylation is 1. The van der Waals surface area contributed by atoms with Crippen molar-refractivity contribution in [2.45, 2.75) is 32.4 Å². The van der Waals surface area contributed by atoms with Crippen molar-refractivity contribution in [2.75, 3.05) is 18.4 Å². The molecule has 0 aliphatic carbocycles. The van der Waals surface area contributed by atoms with Crippen LogP contribution in [0.15, 0.2) is 48.7 Å². The fourth-order valence-electron chi connectivity index (χ4n) is 3.02. The number of aromatic nitrogens is 1. The third-order valence-electron chi connectivity index (χ3n) is 4.12. The Morgan fingerprint density at radius 2 is 2.05 bits per heavy atom. The standard InChI is InChI=1S/C18H23N3/c1-15-18(10-5-11-19-15)20-17-9-6-12-21(14-17)13-16-7-3-2-4-8-16/h2-5,7-8,10-11,17,20H,6,9,12-14H2,1H3. The molecule has 0 bridgehead atoms. The molecule has 1 atom stereocenters. The minimum Gasteiger partial charge on any atom is -0.380 e. The van der Waals surface area contributed by atoms with Gasteiger partial charge in [-0.15, -0.1) is 0 Å². The summed E-state index contributed by atoms with van der Waals surface area (Å²) >= 11 is 0. The molecule has 3 rings (SSSR count). The number of nitrogens with one attached hydrogen (secondary N) is 1. The van der Waals surface area contributed by atoms with Crippen molar-refractivity contribution in [1.82, 2.24) is 9.88 Å². The SMILES string of the molecule is Cc1ncccc1NC1CCCN(Cc2ccccc2)C1. The fraction of sp³-hybridized carbons (Fsp3) is 0.389. The quantitative estimate of drug-likeness (QED) is 0.930. The first kappa shape index (κ1) is 14.1. The van der Waals surface area contributed by atoms with Gasteiger partial charge >= 0.3 is 0 Å². The molecular weight excluding hydrogens is 258 g/mol. The van der Waals surface area contributed by atoms with Gasteiger partial charge in [0.2, 0.25) is 0 Å². The molecule has 1 fully saturated rings. The van der Waals surface area contributed by atoms with Crippen molar-refractivity contribution < 1.29 is 0 Å². The van der Waals surface area contributed by atoms with Gasteiger partial charge in [-0.3, -0.25) is 9.88 Å². The zero-order valence-electron chi connectivity index (χ0n) is 12.6. The molecule has 1 saturated heterocycles. The van der Waals surface area contributed by atoms with Gasteiger partial charge in [-0.05, 0) is 44.0 Å². The summed E-state index contributed by atoms with van der Waals surface area (Å²) in [6, 6.07) is 15.4. The second-order valence-electron chi connectivity index (χ2n) is 5.84. The minimum absolute atomic E-state index is 0.519. The molecule has 1 aromatic carbocycles. The lowest BCUT2D eigenvalue weighted by Gasteiger charge is -2.34. The Kier molecular flexibility index (Phi) is 4.51. The van der Waals surface area contributed by atoms with E-state index < -0.39 is 0 Å². The van der Waals surface area contributed by atoms with Gasteiger partial charge in [0.15, 0.2) is 0 Å². The van der Waals surface area contributed by atoms with Gasteiger partial charge in [0, 0.05) is 25.3 Å². The molecule has 1 N–H and O–H groups in total. The van der Waals surface area contributed by atoms with Crippen molar-refractivity contribution in [2.24, 2.45) is 0 Å². The van der Waals surface area contributed by atoms with Crippen LogP contribution in [0.3, 0.4) is 0 Å². The molecule has 21 heavy (non-hydrogen) atoms. The lowest BCUT2D eigenvalue weighted by Crippen LogP contribution is -2.41. The molecule has 1 unspecified atom stereocenters. The zero-order valence-corrected chi connectivity index (χ0v) is 12.6. The largest absolute Gasteiger partial charge is 0.380 e. The van der Waals surface area contributed by atoms with Crippen molar-refractivity contribution in [3.05, 3.63) is 59.9 Å². The molecule has 2 aromatic rings. The van der Waals surface area contributed by atoms with Crippen LogP contribution in [-0.4, -0.2) is 29.0 Å². The summed E-state index contributed by atoms with van der Waals surface area (Å²) in [6.45, 7) is 5.40. The van der Waals surface area contributed by atoms with E-state index in [0.29, 0.717) is 6.04 Å². The maximum absolute atomic E-state index is 4.36. The van der Waals surface area contributed by atoms with E-state index in [0.717, 1.165) is 18.8 Å². The Hall–Kier alpha value is -1.87. The van der Waals surface area contributed by atoms with Gasteiger partial charge in [0.1, 0.15) is 0 Å². The summed E-state index contributed by atoms with van der Waals surface area (Å²) in [5.41, 5.74) is 3.65. The highest BCUT2D eigenvalue weighted by atomic mass is 15.2. The number of piperidine rings is 1. The van der Waals surface area contributed by atoms with Crippen LogP contribution < -0.4 is 5.32 Å². The van der Waals surface area contributed by atoms with E-state index in [2.05, 4.69) is 58.5 Å². The molecule has 3 heteroatoms. The molecule has 1 aromatic heterocycles. The van der Waals surface area contributed by atoms with Crippen LogP contribution in [0.4, 0.5) is 5.69 Å². The number of likely N-dealkylation sites (tertiary alicyclic amines) is 1. The first-order chi connectivity index (χ1) is 10.3. The molecule has 1 aliphatic rings. The van der Waals surface area contributed by atoms with Crippen LogP contribution in [0.5, 0.6) is 0 Å². The zero-order chi connectivity index (χ0) is 14.5. The maximum atomic E-state index is 4.36. The van der Waals surface area contributed by atoms with E-state index in [1.165, 1.54) is 30.6 Å². The van der Waals surface area contributed by atoms with Crippen LogP contribution in [0.25, 0.3) is 0 Å². The first-order valence-electron chi connectivity index (χ1n) is 7.76. The summed E-state index contributed by atoms with van der Waals surface area (Å²) in [7, 11) is 0. The van der Waals surface area contributed by atoms with Crippen molar-refractivity contribution in [1.29, 1.82) is 0 Å². The summed E-state index contributed by atoms with van der Waals surface area (Å²) in [4.78, 5) is 6.90. The molecule has 0 radical (unpaired) electrons. The summed E-state index contributed by atoms with van der Waals surface area (Å²) < 4.78 is 0. The molecule has 3 nitrogen and oxygen atoms in total. The van der Waals surface area contributed by atoms with E-state index in [-0.39, 0.29) is 0 Å². The van der Waals surface area contributed by atoms with Crippen LogP contribution >= 0.6 is 0 Å². The molecule has 0 amide bonds. The van der Waals surface area contributed by atoms with Gasteiger partial charge in [-0.1, -0.05) is 30.3 Å². The highest BCUT2D eigenvalue weighted by molar-refractivity contribution is 5.47.